The molecule has 0 radical (unpaired) electrons. The van der Waals surface area contributed by atoms with Crippen LogP contribution in [0, 0.1) is 0 Å². The maximum absolute atomic E-state index is 11.4. The number of rotatable bonds is 4. The van der Waals surface area contributed by atoms with Crippen molar-refractivity contribution in [2.24, 2.45) is 0 Å². The summed E-state index contributed by atoms with van der Waals surface area (Å²) in [5.74, 6) is -0.612. The van der Waals surface area contributed by atoms with E-state index < -0.39 is 0 Å². The first-order chi connectivity index (χ1) is 7.72. The van der Waals surface area contributed by atoms with Gasteiger partial charge in [-0.3, -0.25) is 14.9 Å². The zero-order valence-electron chi connectivity index (χ0n) is 9.17. The van der Waals surface area contributed by atoms with Crippen LogP contribution in [-0.2, 0) is 0 Å². The highest BCUT2D eigenvalue weighted by atomic mass is 16.2. The molecule has 0 saturated heterocycles. The number of benzene rings is 1. The summed E-state index contributed by atoms with van der Waals surface area (Å²) in [6.45, 7) is 3.00. The molecule has 0 aromatic heterocycles. The lowest BCUT2D eigenvalue weighted by molar-refractivity contribution is 0.0879. The average molecular weight is 218 g/mol. The summed E-state index contributed by atoms with van der Waals surface area (Å²) in [7, 11) is 0. The van der Waals surface area contributed by atoms with Crippen LogP contribution in [-0.4, -0.2) is 18.4 Å². The Kier molecular flexibility index (Phi) is 2.90. The molecular formula is C12H14N2O2. The van der Waals surface area contributed by atoms with Gasteiger partial charge in [-0.25, -0.2) is 0 Å². The first kappa shape index (κ1) is 10.7. The molecule has 0 fully saturated rings. The topological polar surface area (TPSA) is 58.2 Å². The summed E-state index contributed by atoms with van der Waals surface area (Å²) in [5.41, 5.74) is 1.81. The number of unbranched alkanes of at least 4 members (excludes halogenated alkanes) is 1. The van der Waals surface area contributed by atoms with Crippen molar-refractivity contribution < 1.29 is 9.59 Å². The van der Waals surface area contributed by atoms with E-state index in [1.807, 2.05) is 6.07 Å². The fourth-order valence-electron chi connectivity index (χ4n) is 1.69. The van der Waals surface area contributed by atoms with Crippen LogP contribution in [0.4, 0.5) is 5.69 Å². The van der Waals surface area contributed by atoms with E-state index >= 15 is 0 Å². The van der Waals surface area contributed by atoms with Crippen molar-refractivity contribution in [2.75, 3.05) is 11.9 Å². The first-order valence-electron chi connectivity index (χ1n) is 5.46. The number of hydrogen-bond acceptors (Lipinski definition) is 3. The average Bonchev–Trinajstić information content (AvgIpc) is 2.55. The van der Waals surface area contributed by atoms with Crippen LogP contribution in [0.5, 0.6) is 0 Å². The van der Waals surface area contributed by atoms with E-state index in [0.717, 1.165) is 25.1 Å². The summed E-state index contributed by atoms with van der Waals surface area (Å²) in [5, 5.41) is 5.49. The Bertz CT molecular complexity index is 441. The van der Waals surface area contributed by atoms with Crippen molar-refractivity contribution in [2.45, 2.75) is 19.8 Å². The second-order valence-corrected chi connectivity index (χ2v) is 3.82. The molecule has 1 aliphatic rings. The molecule has 4 nitrogen and oxygen atoms in total. The molecular weight excluding hydrogens is 204 g/mol. The molecule has 4 heteroatoms. The standard InChI is InChI=1S/C12H14N2O2/c1-2-3-6-13-8-4-5-9-10(7-8)12(16)14-11(9)15/h4-5,7,13H,2-3,6H2,1H3,(H,14,15,16). The smallest absolute Gasteiger partial charge is 0.259 e. The van der Waals surface area contributed by atoms with Gasteiger partial charge in [-0.15, -0.1) is 0 Å². The van der Waals surface area contributed by atoms with E-state index in [0.29, 0.717) is 11.1 Å². The molecule has 0 unspecified atom stereocenters. The second-order valence-electron chi connectivity index (χ2n) is 3.82. The molecule has 84 valence electrons. The molecule has 16 heavy (non-hydrogen) atoms. The number of hydrogen-bond donors (Lipinski definition) is 2. The Morgan fingerprint density at radius 3 is 2.69 bits per heavy atom. The fourth-order valence-corrected chi connectivity index (χ4v) is 1.69. The number of carbonyl (C=O) groups excluding carboxylic acids is 2. The van der Waals surface area contributed by atoms with Crippen LogP contribution in [0.1, 0.15) is 40.5 Å². The molecule has 0 bridgehead atoms. The van der Waals surface area contributed by atoms with E-state index in [-0.39, 0.29) is 11.8 Å². The second kappa shape index (κ2) is 4.35. The Hall–Kier alpha value is -1.84. The quantitative estimate of drug-likeness (QED) is 0.598. The van der Waals surface area contributed by atoms with Gasteiger partial charge in [0.25, 0.3) is 11.8 Å². The van der Waals surface area contributed by atoms with Crippen LogP contribution in [0.3, 0.4) is 0 Å². The largest absolute Gasteiger partial charge is 0.385 e. The SMILES string of the molecule is CCCCNc1ccc2c(c1)C(=O)NC2=O. The summed E-state index contributed by atoms with van der Waals surface area (Å²) in [6.07, 6.45) is 2.21. The van der Waals surface area contributed by atoms with Gasteiger partial charge in [-0.05, 0) is 24.6 Å². The van der Waals surface area contributed by atoms with Crippen molar-refractivity contribution >= 4 is 17.5 Å². The van der Waals surface area contributed by atoms with Gasteiger partial charge in [0.1, 0.15) is 0 Å². The van der Waals surface area contributed by atoms with Crippen molar-refractivity contribution in [3.63, 3.8) is 0 Å². The number of amides is 2. The summed E-state index contributed by atoms with van der Waals surface area (Å²) < 4.78 is 0. The number of imide groups is 1. The van der Waals surface area contributed by atoms with E-state index in [4.69, 9.17) is 0 Å². The summed E-state index contributed by atoms with van der Waals surface area (Å²) >= 11 is 0. The van der Waals surface area contributed by atoms with E-state index in [1.54, 1.807) is 12.1 Å². The molecule has 0 atom stereocenters. The Balaban J connectivity index is 2.16. The molecule has 0 aliphatic carbocycles. The van der Waals surface area contributed by atoms with Crippen LogP contribution in [0.15, 0.2) is 18.2 Å². The van der Waals surface area contributed by atoms with Crippen molar-refractivity contribution in [3.8, 4) is 0 Å². The number of carbonyl (C=O) groups is 2. The minimum absolute atomic E-state index is 0.305. The van der Waals surface area contributed by atoms with E-state index in [9.17, 15) is 9.59 Å². The molecule has 2 N–H and O–H groups in total. The van der Waals surface area contributed by atoms with Gasteiger partial charge in [-0.1, -0.05) is 13.3 Å². The van der Waals surface area contributed by atoms with Crippen molar-refractivity contribution in [1.29, 1.82) is 0 Å². The lowest BCUT2D eigenvalue weighted by atomic mass is 10.1. The van der Waals surface area contributed by atoms with Crippen LogP contribution >= 0.6 is 0 Å². The zero-order valence-corrected chi connectivity index (χ0v) is 9.17. The van der Waals surface area contributed by atoms with Gasteiger partial charge >= 0.3 is 0 Å². The van der Waals surface area contributed by atoms with Crippen molar-refractivity contribution in [3.05, 3.63) is 29.3 Å². The van der Waals surface area contributed by atoms with E-state index in [2.05, 4.69) is 17.6 Å². The predicted octanol–water partition coefficient (Wildman–Crippen LogP) is 1.78. The Labute approximate surface area is 94.0 Å². The molecule has 1 aromatic rings. The van der Waals surface area contributed by atoms with Gasteiger partial charge in [0.2, 0.25) is 0 Å². The van der Waals surface area contributed by atoms with Gasteiger partial charge < -0.3 is 5.32 Å². The Morgan fingerprint density at radius 2 is 1.94 bits per heavy atom. The van der Waals surface area contributed by atoms with Crippen LogP contribution < -0.4 is 10.6 Å². The maximum Gasteiger partial charge on any atom is 0.259 e. The van der Waals surface area contributed by atoms with Crippen LogP contribution in [0.25, 0.3) is 0 Å². The number of anilines is 1. The van der Waals surface area contributed by atoms with E-state index in [1.165, 1.54) is 0 Å². The normalized spacial score (nSPS) is 13.6. The molecule has 2 amide bonds. The third-order valence-electron chi connectivity index (χ3n) is 2.60. The summed E-state index contributed by atoms with van der Waals surface area (Å²) in [4.78, 5) is 22.7. The minimum Gasteiger partial charge on any atom is -0.385 e. The minimum atomic E-state index is -0.306. The highest BCUT2D eigenvalue weighted by molar-refractivity contribution is 6.21. The summed E-state index contributed by atoms with van der Waals surface area (Å²) in [6, 6.07) is 5.24. The fraction of sp³-hybridized carbons (Fsp3) is 0.333. The van der Waals surface area contributed by atoms with Crippen molar-refractivity contribution in [1.82, 2.24) is 5.32 Å². The number of nitrogens with one attached hydrogen (secondary N) is 2. The molecule has 1 aromatic carbocycles. The third kappa shape index (κ3) is 1.91. The van der Waals surface area contributed by atoms with Gasteiger partial charge in [-0.2, -0.15) is 0 Å². The molecule has 2 rings (SSSR count). The van der Waals surface area contributed by atoms with Crippen LogP contribution in [0.2, 0.25) is 0 Å². The number of fused-ring (bicyclic) bond motifs is 1. The highest BCUT2D eigenvalue weighted by Gasteiger charge is 2.26. The monoisotopic (exact) mass is 218 g/mol. The molecule has 0 saturated carbocycles. The van der Waals surface area contributed by atoms with Gasteiger partial charge in [0, 0.05) is 12.2 Å². The maximum atomic E-state index is 11.4. The molecule has 1 aliphatic heterocycles. The van der Waals surface area contributed by atoms with Gasteiger partial charge in [0.05, 0.1) is 11.1 Å². The lowest BCUT2D eigenvalue weighted by Gasteiger charge is -2.05. The lowest BCUT2D eigenvalue weighted by Crippen LogP contribution is -2.19. The molecule has 0 spiro atoms. The molecule has 1 heterocycles. The highest BCUT2D eigenvalue weighted by Crippen LogP contribution is 2.20. The van der Waals surface area contributed by atoms with Gasteiger partial charge in [0.15, 0.2) is 0 Å². The zero-order chi connectivity index (χ0) is 11.5. The Morgan fingerprint density at radius 1 is 1.19 bits per heavy atom. The third-order valence-corrected chi connectivity index (χ3v) is 2.60. The predicted molar refractivity (Wildman–Crippen MR) is 61.6 cm³/mol. The first-order valence-corrected chi connectivity index (χ1v) is 5.46.